The molecule has 1 N–H and O–H groups in total. The summed E-state index contributed by atoms with van der Waals surface area (Å²) in [5.41, 5.74) is 1.04. The van der Waals surface area contributed by atoms with E-state index in [-0.39, 0.29) is 29.8 Å². The van der Waals surface area contributed by atoms with Gasteiger partial charge < -0.3 is 24.4 Å². The van der Waals surface area contributed by atoms with Crippen molar-refractivity contribution in [2.75, 3.05) is 43.5 Å². The first kappa shape index (κ1) is 30.1. The maximum Gasteiger partial charge on any atom is 0.244 e. The number of nitrogens with one attached hydrogen (secondary N) is 1. The summed E-state index contributed by atoms with van der Waals surface area (Å²) in [5, 5.41) is 2.92. The molecule has 1 aliphatic rings. The maximum atomic E-state index is 13.9. The third-order valence-electron chi connectivity index (χ3n) is 6.35. The fraction of sp³-hybridized carbons (Fsp3) is 0.500. The molecule has 0 aliphatic carbocycles. The zero-order valence-electron chi connectivity index (χ0n) is 23.3. The van der Waals surface area contributed by atoms with Crippen LogP contribution in [0.25, 0.3) is 0 Å². The number of ether oxygens (including phenoxy) is 3. The minimum absolute atomic E-state index is 0.102. The first-order chi connectivity index (χ1) is 18.6. The van der Waals surface area contributed by atoms with Crippen LogP contribution in [0.15, 0.2) is 42.5 Å². The highest BCUT2D eigenvalue weighted by atomic mass is 32.2. The Labute approximate surface area is 231 Å². The van der Waals surface area contributed by atoms with Crippen LogP contribution in [0.2, 0.25) is 0 Å². The molecule has 10 nitrogen and oxygen atoms in total. The fourth-order valence-electron chi connectivity index (χ4n) is 4.22. The summed E-state index contributed by atoms with van der Waals surface area (Å²) in [4.78, 5) is 28.6. The molecule has 2 aromatic rings. The van der Waals surface area contributed by atoms with Crippen LogP contribution in [0.4, 0.5) is 5.69 Å². The molecule has 39 heavy (non-hydrogen) atoms. The molecule has 0 bridgehead atoms. The second kappa shape index (κ2) is 13.5. The number of carbonyl (C=O) groups is 2. The van der Waals surface area contributed by atoms with Crippen molar-refractivity contribution in [3.63, 3.8) is 0 Å². The summed E-state index contributed by atoms with van der Waals surface area (Å²) in [5.74, 6) is 0.769. The molecule has 2 amide bonds. The first-order valence-electron chi connectivity index (χ1n) is 13.2. The van der Waals surface area contributed by atoms with Crippen LogP contribution in [-0.4, -0.2) is 70.3 Å². The van der Waals surface area contributed by atoms with Crippen molar-refractivity contribution >= 4 is 27.5 Å². The van der Waals surface area contributed by atoms with Gasteiger partial charge in [0.05, 0.1) is 18.6 Å². The van der Waals surface area contributed by atoms with Crippen LogP contribution in [0.3, 0.4) is 0 Å². The van der Waals surface area contributed by atoms with Crippen LogP contribution < -0.4 is 23.8 Å². The predicted molar refractivity (Wildman–Crippen MR) is 150 cm³/mol. The van der Waals surface area contributed by atoms with Gasteiger partial charge in [-0.25, -0.2) is 8.42 Å². The number of rotatable bonds is 13. The Kier molecular flexibility index (Phi) is 10.4. The van der Waals surface area contributed by atoms with Crippen LogP contribution in [0.1, 0.15) is 39.7 Å². The van der Waals surface area contributed by atoms with E-state index in [0.29, 0.717) is 43.4 Å². The van der Waals surface area contributed by atoms with E-state index in [1.165, 1.54) is 11.8 Å². The summed E-state index contributed by atoms with van der Waals surface area (Å²) in [6.45, 7) is 8.15. The molecule has 0 spiro atoms. The zero-order valence-corrected chi connectivity index (χ0v) is 24.1. The van der Waals surface area contributed by atoms with E-state index in [2.05, 4.69) is 5.32 Å². The van der Waals surface area contributed by atoms with Crippen molar-refractivity contribution in [3.8, 4) is 17.2 Å². The molecule has 2 aromatic carbocycles. The topological polar surface area (TPSA) is 114 Å². The lowest BCUT2D eigenvalue weighted by Gasteiger charge is -2.33. The summed E-state index contributed by atoms with van der Waals surface area (Å²) in [7, 11) is -2.30. The highest BCUT2D eigenvalue weighted by molar-refractivity contribution is 7.92. The minimum atomic E-state index is -3.86. The quantitative estimate of drug-likeness (QED) is 0.399. The second-order valence-electron chi connectivity index (χ2n) is 9.67. The molecule has 0 radical (unpaired) electrons. The lowest BCUT2D eigenvalue weighted by atomic mass is 10.1. The summed E-state index contributed by atoms with van der Waals surface area (Å²) in [6, 6.07) is 11.2. The van der Waals surface area contributed by atoms with Gasteiger partial charge in [0.2, 0.25) is 21.8 Å². The number of anilines is 1. The molecule has 11 heteroatoms. The van der Waals surface area contributed by atoms with E-state index in [4.69, 9.17) is 14.2 Å². The van der Waals surface area contributed by atoms with Crippen LogP contribution in [0, 0.1) is 5.92 Å². The number of carbonyl (C=O) groups excluding carboxylic acids is 2. The van der Waals surface area contributed by atoms with E-state index in [9.17, 15) is 18.0 Å². The Morgan fingerprint density at radius 2 is 1.77 bits per heavy atom. The average Bonchev–Trinajstić information content (AvgIpc) is 2.94. The molecular formula is C28H39N3O7S. The zero-order chi connectivity index (χ0) is 28.6. The molecule has 1 heterocycles. The van der Waals surface area contributed by atoms with Crippen LogP contribution in [-0.2, 0) is 26.2 Å². The van der Waals surface area contributed by atoms with Gasteiger partial charge in [-0.05, 0) is 49.1 Å². The number of amides is 2. The third-order valence-corrected chi connectivity index (χ3v) is 8.09. The minimum Gasteiger partial charge on any atom is -0.497 e. The SMILES string of the molecule is CC[C@@H](C(=O)NCC(C)C)N(Cc1cccc(OC)c1)C(=O)CN(c1ccc2c(c1)OCCO2)S(=O)(=O)CC. The molecular weight excluding hydrogens is 522 g/mol. The Balaban J connectivity index is 1.98. The molecule has 0 fully saturated rings. The summed E-state index contributed by atoms with van der Waals surface area (Å²) < 4.78 is 44.0. The highest BCUT2D eigenvalue weighted by Crippen LogP contribution is 2.35. The number of nitrogens with zero attached hydrogens (tertiary/aromatic N) is 2. The largest absolute Gasteiger partial charge is 0.497 e. The van der Waals surface area contributed by atoms with Gasteiger partial charge in [-0.3, -0.25) is 13.9 Å². The van der Waals surface area contributed by atoms with Gasteiger partial charge in [0.15, 0.2) is 11.5 Å². The van der Waals surface area contributed by atoms with Gasteiger partial charge in [0.1, 0.15) is 31.5 Å². The standard InChI is InChI=1S/C28H39N3O7S/c1-6-24(28(33)29-17-20(3)4)30(18-21-9-8-10-23(15-21)36-5)27(32)19-31(39(34,35)7-2)22-11-12-25-26(16-22)38-14-13-37-25/h8-12,15-16,20,24H,6-7,13-14,17-19H2,1-5H3,(H,29,33)/t24-/m0/s1. The van der Waals surface area contributed by atoms with Gasteiger partial charge in [0, 0.05) is 19.2 Å². The van der Waals surface area contributed by atoms with Crippen LogP contribution in [0.5, 0.6) is 17.2 Å². The van der Waals surface area contributed by atoms with Crippen molar-refractivity contribution in [2.45, 2.75) is 46.7 Å². The van der Waals surface area contributed by atoms with E-state index in [1.54, 1.807) is 43.5 Å². The van der Waals surface area contributed by atoms with E-state index >= 15 is 0 Å². The van der Waals surface area contributed by atoms with E-state index in [1.807, 2.05) is 26.8 Å². The lowest BCUT2D eigenvalue weighted by Crippen LogP contribution is -2.52. The molecule has 0 saturated heterocycles. The van der Waals surface area contributed by atoms with Gasteiger partial charge in [0.25, 0.3) is 0 Å². The van der Waals surface area contributed by atoms with Gasteiger partial charge >= 0.3 is 0 Å². The molecule has 214 valence electrons. The van der Waals surface area contributed by atoms with Gasteiger partial charge in [-0.15, -0.1) is 0 Å². The molecule has 3 rings (SSSR count). The number of hydrogen-bond donors (Lipinski definition) is 1. The van der Waals surface area contributed by atoms with Crippen molar-refractivity contribution in [3.05, 3.63) is 48.0 Å². The van der Waals surface area contributed by atoms with Crippen molar-refractivity contribution in [1.82, 2.24) is 10.2 Å². The van der Waals surface area contributed by atoms with E-state index < -0.39 is 28.5 Å². The van der Waals surface area contributed by atoms with Crippen LogP contribution >= 0.6 is 0 Å². The average molecular weight is 562 g/mol. The Hall–Kier alpha value is -3.47. The second-order valence-corrected chi connectivity index (χ2v) is 11.9. The summed E-state index contributed by atoms with van der Waals surface area (Å²) in [6.07, 6.45) is 0.351. The molecule has 1 aliphatic heterocycles. The molecule has 1 atom stereocenters. The number of methoxy groups -OCH3 is 1. The predicted octanol–water partition coefficient (Wildman–Crippen LogP) is 3.20. The maximum absolute atomic E-state index is 13.9. The smallest absolute Gasteiger partial charge is 0.244 e. The number of benzene rings is 2. The van der Waals surface area contributed by atoms with Crippen molar-refractivity contribution < 1.29 is 32.2 Å². The Morgan fingerprint density at radius 1 is 1.05 bits per heavy atom. The number of sulfonamides is 1. The molecule has 0 saturated carbocycles. The van der Waals surface area contributed by atoms with Gasteiger partial charge in [-0.1, -0.05) is 32.9 Å². The lowest BCUT2D eigenvalue weighted by molar-refractivity contribution is -0.140. The fourth-order valence-corrected chi connectivity index (χ4v) is 5.27. The number of fused-ring (bicyclic) bond motifs is 1. The molecule has 0 unspecified atom stereocenters. The third kappa shape index (κ3) is 7.78. The monoisotopic (exact) mass is 561 g/mol. The van der Waals surface area contributed by atoms with Gasteiger partial charge in [-0.2, -0.15) is 0 Å². The van der Waals surface area contributed by atoms with Crippen molar-refractivity contribution in [1.29, 1.82) is 0 Å². The highest BCUT2D eigenvalue weighted by Gasteiger charge is 2.33. The normalized spacial score (nSPS) is 13.5. The number of hydrogen-bond acceptors (Lipinski definition) is 7. The van der Waals surface area contributed by atoms with E-state index in [0.717, 1.165) is 9.87 Å². The molecule has 0 aromatic heterocycles. The first-order valence-corrected chi connectivity index (χ1v) is 14.8. The Bertz CT molecular complexity index is 1250. The summed E-state index contributed by atoms with van der Waals surface area (Å²) >= 11 is 0. The Morgan fingerprint density at radius 3 is 2.41 bits per heavy atom. The van der Waals surface area contributed by atoms with Crippen molar-refractivity contribution in [2.24, 2.45) is 5.92 Å².